The maximum atomic E-state index is 13.5. The zero-order valence-corrected chi connectivity index (χ0v) is 26.9. The highest BCUT2D eigenvalue weighted by Gasteiger charge is 2.68. The maximum absolute atomic E-state index is 13.5. The van der Waals surface area contributed by atoms with Gasteiger partial charge in [-0.1, -0.05) is 33.3 Å². The second-order valence-corrected chi connectivity index (χ2v) is 14.4. The van der Waals surface area contributed by atoms with Crippen LogP contribution in [0.5, 0.6) is 0 Å². The average molecular weight is 633 g/mol. The Hall–Kier alpha value is -3.12. The summed E-state index contributed by atoms with van der Waals surface area (Å²) in [6.07, 6.45) is 3.99. The number of aliphatic hydroxyl groups excluding tert-OH is 1. The molecule has 4 aliphatic rings. The number of fused-ring (bicyclic) bond motifs is 5. The molecule has 45 heavy (non-hydrogen) atoms. The van der Waals surface area contributed by atoms with Crippen molar-refractivity contribution in [1.82, 2.24) is 10.6 Å². The molecule has 0 bridgehead atoms. The zero-order chi connectivity index (χ0) is 33.5. The molecule has 9 atom stereocenters. The topological polar surface area (TPSA) is 196 Å². The number of Topliss-reactive ketones (excluding diaryl/α,β-unsaturated/α-hetero) is 1. The molecule has 0 heterocycles. The Morgan fingerprint density at radius 2 is 1.71 bits per heavy atom. The quantitative estimate of drug-likeness (QED) is 0.210. The van der Waals surface area contributed by atoms with Crippen molar-refractivity contribution in [3.63, 3.8) is 0 Å². The molecule has 0 aromatic rings. The summed E-state index contributed by atoms with van der Waals surface area (Å²) < 4.78 is 5.19. The molecule has 0 unspecified atom stereocenters. The lowest BCUT2D eigenvalue weighted by atomic mass is 9.45. The number of aliphatic carboxylic acids is 1. The highest BCUT2D eigenvalue weighted by atomic mass is 16.5. The largest absolute Gasteiger partial charge is 0.480 e. The van der Waals surface area contributed by atoms with E-state index in [-0.39, 0.29) is 60.6 Å². The van der Waals surface area contributed by atoms with Gasteiger partial charge in [-0.15, -0.1) is 0 Å². The molecule has 4 aliphatic carbocycles. The number of esters is 1. The van der Waals surface area contributed by atoms with E-state index < -0.39 is 65.3 Å². The predicted octanol–water partition coefficient (Wildman–Crippen LogP) is 1.84. The smallest absolute Gasteiger partial charge is 0.325 e. The van der Waals surface area contributed by atoms with Gasteiger partial charge < -0.3 is 30.7 Å². The minimum Gasteiger partial charge on any atom is -0.480 e. The number of rotatable bonds is 11. The number of hydrogen-bond acceptors (Lipinski definition) is 9. The highest BCUT2D eigenvalue weighted by Crippen LogP contribution is 2.67. The lowest BCUT2D eigenvalue weighted by Crippen LogP contribution is -2.62. The van der Waals surface area contributed by atoms with Gasteiger partial charge in [0, 0.05) is 18.3 Å². The minimum absolute atomic E-state index is 0.0140. The molecule has 0 saturated heterocycles. The molecule has 5 N–H and O–H groups in total. The van der Waals surface area contributed by atoms with E-state index in [0.717, 1.165) is 18.4 Å². The summed E-state index contributed by atoms with van der Waals surface area (Å²) in [5.74, 6) is -4.17. The first-order chi connectivity index (χ1) is 20.9. The third-order valence-electron chi connectivity index (χ3n) is 11.4. The summed E-state index contributed by atoms with van der Waals surface area (Å²) in [6, 6.07) is -2.16. The summed E-state index contributed by atoms with van der Waals surface area (Å²) in [5, 5.41) is 37.2. The van der Waals surface area contributed by atoms with Crippen molar-refractivity contribution in [3.05, 3.63) is 11.6 Å². The molecule has 12 heteroatoms. The van der Waals surface area contributed by atoms with Crippen LogP contribution in [-0.4, -0.2) is 81.0 Å². The number of carbonyl (C=O) groups is 6. The van der Waals surface area contributed by atoms with Gasteiger partial charge in [-0.05, 0) is 80.6 Å². The fraction of sp³-hybridized carbons (Fsp3) is 0.758. The first kappa shape index (κ1) is 34.7. The van der Waals surface area contributed by atoms with E-state index in [1.54, 1.807) is 19.9 Å². The van der Waals surface area contributed by atoms with Crippen LogP contribution in [0.25, 0.3) is 0 Å². The molecule has 250 valence electrons. The number of ether oxygens (including phenoxy) is 1. The van der Waals surface area contributed by atoms with Crippen LogP contribution in [0.1, 0.15) is 92.4 Å². The van der Waals surface area contributed by atoms with Gasteiger partial charge in [0.1, 0.15) is 17.7 Å². The van der Waals surface area contributed by atoms with Crippen molar-refractivity contribution in [2.45, 2.75) is 116 Å². The molecule has 0 radical (unpaired) electrons. The molecule has 3 fully saturated rings. The fourth-order valence-electron chi connectivity index (χ4n) is 8.85. The zero-order valence-electron chi connectivity index (χ0n) is 26.9. The monoisotopic (exact) mass is 632 g/mol. The van der Waals surface area contributed by atoms with Crippen LogP contribution >= 0.6 is 0 Å². The van der Waals surface area contributed by atoms with Crippen molar-refractivity contribution >= 4 is 35.3 Å². The van der Waals surface area contributed by atoms with Crippen molar-refractivity contribution in [2.24, 2.45) is 34.5 Å². The van der Waals surface area contributed by atoms with E-state index >= 15 is 0 Å². The molecule has 0 aromatic carbocycles. The summed E-state index contributed by atoms with van der Waals surface area (Å²) in [6.45, 7) is 7.99. The number of carboxylic acids is 1. The Bertz CT molecular complexity index is 1280. The highest BCUT2D eigenvalue weighted by molar-refractivity contribution is 5.93. The SMILES string of the molecule is CC(C)[C@@H](NC(=O)CCC(=O)OCC(=O)[C@@]1(O)CC[C@H]2[C@@H]3CCC4=CC(=O)CC[C@]4(C)[C@H]3[C@H](O)C[C@@]21C)C(=O)N[C@H](C)C(=O)O. The van der Waals surface area contributed by atoms with Crippen molar-refractivity contribution in [1.29, 1.82) is 0 Å². The van der Waals surface area contributed by atoms with Gasteiger partial charge in [0.15, 0.2) is 12.4 Å². The van der Waals surface area contributed by atoms with Crippen LogP contribution in [-0.2, 0) is 33.5 Å². The van der Waals surface area contributed by atoms with E-state index in [9.17, 15) is 39.0 Å². The number of carbonyl (C=O) groups excluding carboxylic acids is 5. The third kappa shape index (κ3) is 6.45. The Morgan fingerprint density at radius 1 is 1.02 bits per heavy atom. The van der Waals surface area contributed by atoms with Gasteiger partial charge in [0.2, 0.25) is 17.6 Å². The molecule has 3 saturated carbocycles. The number of hydrogen-bond donors (Lipinski definition) is 5. The van der Waals surface area contributed by atoms with Gasteiger partial charge in [0.05, 0.1) is 12.5 Å². The summed E-state index contributed by atoms with van der Waals surface area (Å²) >= 11 is 0. The van der Waals surface area contributed by atoms with Crippen molar-refractivity contribution in [3.8, 4) is 0 Å². The summed E-state index contributed by atoms with van der Waals surface area (Å²) in [7, 11) is 0. The molecule has 12 nitrogen and oxygen atoms in total. The first-order valence-corrected chi connectivity index (χ1v) is 16.1. The van der Waals surface area contributed by atoms with Crippen molar-refractivity contribution in [2.75, 3.05) is 6.61 Å². The van der Waals surface area contributed by atoms with Crippen LogP contribution in [0.3, 0.4) is 0 Å². The van der Waals surface area contributed by atoms with E-state index in [2.05, 4.69) is 17.6 Å². The first-order valence-electron chi connectivity index (χ1n) is 16.1. The molecule has 0 aromatic heterocycles. The Kier molecular flexibility index (Phi) is 9.99. The minimum atomic E-state index is -1.79. The number of allylic oxidation sites excluding steroid dienone is 1. The Balaban J connectivity index is 1.33. The van der Waals surface area contributed by atoms with Crippen LogP contribution in [0.15, 0.2) is 11.6 Å². The molecule has 2 amide bonds. The average Bonchev–Trinajstić information content (AvgIpc) is 3.23. The number of carboxylic acid groups (broad SMARTS) is 1. The second-order valence-electron chi connectivity index (χ2n) is 14.4. The Morgan fingerprint density at radius 3 is 2.36 bits per heavy atom. The van der Waals surface area contributed by atoms with E-state index in [1.807, 2.05) is 6.92 Å². The molecule has 0 spiro atoms. The van der Waals surface area contributed by atoms with Crippen LogP contribution < -0.4 is 10.6 Å². The van der Waals surface area contributed by atoms with E-state index in [0.29, 0.717) is 19.3 Å². The van der Waals surface area contributed by atoms with Gasteiger partial charge in [-0.2, -0.15) is 0 Å². The number of amides is 2. The summed E-state index contributed by atoms with van der Waals surface area (Å²) in [4.78, 5) is 74.1. The predicted molar refractivity (Wildman–Crippen MR) is 160 cm³/mol. The Labute approximate surface area is 263 Å². The number of aliphatic hydroxyl groups is 2. The second kappa shape index (κ2) is 12.9. The maximum Gasteiger partial charge on any atom is 0.325 e. The molecular formula is C33H48N2O10. The van der Waals surface area contributed by atoms with Gasteiger partial charge >= 0.3 is 11.9 Å². The molecule has 0 aliphatic heterocycles. The normalized spacial score (nSPS) is 35.2. The summed E-state index contributed by atoms with van der Waals surface area (Å²) in [5.41, 5.74) is -1.89. The lowest BCUT2D eigenvalue weighted by molar-refractivity contribution is -0.184. The number of nitrogens with one attached hydrogen (secondary N) is 2. The van der Waals surface area contributed by atoms with Crippen molar-refractivity contribution < 1.29 is 48.8 Å². The molecular weight excluding hydrogens is 584 g/mol. The van der Waals surface area contributed by atoms with Gasteiger partial charge in [-0.25, -0.2) is 0 Å². The fourth-order valence-corrected chi connectivity index (χ4v) is 8.85. The van der Waals surface area contributed by atoms with Crippen LogP contribution in [0.4, 0.5) is 0 Å². The van der Waals surface area contributed by atoms with E-state index in [1.165, 1.54) is 6.92 Å². The number of ketones is 2. The third-order valence-corrected chi connectivity index (χ3v) is 11.4. The molecule has 4 rings (SSSR count). The van der Waals surface area contributed by atoms with Crippen LogP contribution in [0.2, 0.25) is 0 Å². The van der Waals surface area contributed by atoms with Gasteiger partial charge in [0.25, 0.3) is 0 Å². The van der Waals surface area contributed by atoms with Crippen LogP contribution in [0, 0.1) is 34.5 Å². The lowest BCUT2D eigenvalue weighted by Gasteiger charge is -2.60. The standard InChI is InChI=1S/C33H48N2O10/c1-17(2)28(29(41)34-18(3)30(42)43)35-25(39)8-9-26(40)45-16-24(38)33(44)13-11-22-21-7-6-19-14-20(36)10-12-31(19,4)27(21)23(37)15-32(22,33)5/h14,17-18,21-23,27-28,37,44H,6-13,15-16H2,1-5H3,(H,34,41)(H,35,39)(H,42,43)/t18-,21+,22+,23-,27-,28-,31+,32+,33+/m1/s1. The van der Waals surface area contributed by atoms with E-state index in [4.69, 9.17) is 9.84 Å². The van der Waals surface area contributed by atoms with Gasteiger partial charge in [-0.3, -0.25) is 28.8 Å².